The van der Waals surface area contributed by atoms with E-state index in [0.29, 0.717) is 35.3 Å². The highest BCUT2D eigenvalue weighted by atomic mass is 14.9. The van der Waals surface area contributed by atoms with Crippen LogP contribution in [0.1, 0.15) is 50.5 Å². The Bertz CT molecular complexity index is 4150. The Kier molecular flexibility index (Phi) is 12.4. The molecule has 0 aliphatic carbocycles. The Labute approximate surface area is 428 Å². The lowest BCUT2D eigenvalue weighted by Gasteiger charge is -2.13. The Morgan fingerprint density at radius 2 is 0.892 bits per heavy atom. The van der Waals surface area contributed by atoms with Gasteiger partial charge in [-0.1, -0.05) is 158 Å². The lowest BCUT2D eigenvalue weighted by molar-refractivity contribution is 1.11. The smallest absolute Gasteiger partial charge is 0.178 e. The van der Waals surface area contributed by atoms with Gasteiger partial charge in [0.25, 0.3) is 0 Å². The average Bonchev–Trinajstić information content (AvgIpc) is 3.46. The third kappa shape index (κ3) is 9.99. The van der Waals surface area contributed by atoms with Crippen LogP contribution in [0.3, 0.4) is 0 Å². The van der Waals surface area contributed by atoms with Crippen molar-refractivity contribution in [3.8, 4) is 45.7 Å². The molecule has 0 saturated heterocycles. The lowest BCUT2D eigenvalue weighted by atomic mass is 9.96. The molecule has 74 heavy (non-hydrogen) atoms. The number of hydrogen-bond donors (Lipinski definition) is 0. The molecule has 0 N–H and O–H groups in total. The van der Waals surface area contributed by atoms with Crippen LogP contribution < -0.4 is 0 Å². The van der Waals surface area contributed by atoms with Crippen molar-refractivity contribution in [2.24, 2.45) is 0 Å². The van der Waals surface area contributed by atoms with Gasteiger partial charge in [0.15, 0.2) is 17.5 Å². The molecule has 0 unspecified atom stereocenters. The van der Waals surface area contributed by atoms with Crippen LogP contribution in [0.4, 0.5) is 0 Å². The van der Waals surface area contributed by atoms with E-state index in [-0.39, 0.29) is 0 Å². The van der Waals surface area contributed by atoms with Gasteiger partial charge in [-0.3, -0.25) is 0 Å². The second-order valence-electron chi connectivity index (χ2n) is 18.0. The summed E-state index contributed by atoms with van der Waals surface area (Å²) in [5.41, 5.74) is 15.7. The predicted molar refractivity (Wildman–Crippen MR) is 301 cm³/mol. The second-order valence-corrected chi connectivity index (χ2v) is 18.0. The van der Waals surface area contributed by atoms with Crippen LogP contribution in [0.2, 0.25) is 0 Å². The molecule has 0 radical (unpaired) electrons. The zero-order valence-electron chi connectivity index (χ0n) is 40.3. The van der Waals surface area contributed by atoms with Crippen molar-refractivity contribution < 1.29 is 0 Å². The zero-order valence-corrected chi connectivity index (χ0v) is 40.3. The maximum atomic E-state index is 5.23. The minimum absolute atomic E-state index is 0.558. The number of pyridine rings is 3. The van der Waals surface area contributed by atoms with Gasteiger partial charge in [0.2, 0.25) is 0 Å². The maximum absolute atomic E-state index is 5.23. The summed E-state index contributed by atoms with van der Waals surface area (Å²) in [5, 5.41) is 2.95. The molecule has 0 amide bonds. The topological polar surface area (TPSA) is 116 Å². The molecule has 0 aliphatic heterocycles. The Balaban J connectivity index is 0.857. The number of rotatable bonds is 12. The van der Waals surface area contributed by atoms with Crippen LogP contribution in [0, 0.1) is 6.92 Å². The number of fused-ring (bicyclic) bond motifs is 3. The van der Waals surface area contributed by atoms with Crippen LogP contribution in [-0.2, 0) is 6.42 Å². The van der Waals surface area contributed by atoms with Gasteiger partial charge in [0.1, 0.15) is 17.1 Å². The highest BCUT2D eigenvalue weighted by Gasteiger charge is 2.15. The minimum atomic E-state index is 0.558. The summed E-state index contributed by atoms with van der Waals surface area (Å²) in [6.07, 6.45) is 18.8. The summed E-state index contributed by atoms with van der Waals surface area (Å²) in [4.78, 5) is 44.0. The summed E-state index contributed by atoms with van der Waals surface area (Å²) in [6, 6.07) is 63.6. The molecule has 0 aliphatic rings. The SMILES string of the molecule is Cc1c(-c2cccc(C=Cc3cccc(-c4ncc5ccccc5n4)n3)c2)cc(-c2ncc3ccccc3n2)nc1C=Cc1cccc(Cc2ccc(-c3ncc4ccccc4n3)nc2C=Cc2ccccc2)c1. The van der Waals surface area contributed by atoms with Gasteiger partial charge in [-0.25, -0.2) is 44.9 Å². The Morgan fingerprint density at radius 3 is 1.58 bits per heavy atom. The first kappa shape index (κ1) is 45.2. The van der Waals surface area contributed by atoms with Crippen LogP contribution in [0.25, 0.3) is 115 Å². The number of nitrogens with zero attached hydrogens (tertiary/aromatic N) is 9. The van der Waals surface area contributed by atoms with Crippen molar-refractivity contribution >= 4 is 69.2 Å². The van der Waals surface area contributed by atoms with E-state index in [2.05, 4.69) is 120 Å². The fourth-order valence-electron chi connectivity index (χ4n) is 9.02. The minimum Gasteiger partial charge on any atom is -0.245 e. The number of para-hydroxylation sites is 3. The number of benzene rings is 6. The second kappa shape index (κ2) is 20.4. The molecule has 0 spiro atoms. The molecule has 6 aromatic carbocycles. The molecule has 6 heterocycles. The predicted octanol–water partition coefficient (Wildman–Crippen LogP) is 14.8. The molecule has 350 valence electrons. The van der Waals surface area contributed by atoms with Gasteiger partial charge in [-0.05, 0) is 125 Å². The first-order valence-corrected chi connectivity index (χ1v) is 24.5. The lowest BCUT2D eigenvalue weighted by Crippen LogP contribution is -1.99. The summed E-state index contributed by atoms with van der Waals surface area (Å²) in [5.74, 6) is 1.74. The zero-order chi connectivity index (χ0) is 49.6. The summed E-state index contributed by atoms with van der Waals surface area (Å²) in [6.45, 7) is 2.13. The van der Waals surface area contributed by atoms with E-state index in [1.165, 1.54) is 0 Å². The highest BCUT2D eigenvalue weighted by Crippen LogP contribution is 2.32. The third-order valence-electron chi connectivity index (χ3n) is 12.9. The van der Waals surface area contributed by atoms with Gasteiger partial charge >= 0.3 is 0 Å². The first-order valence-electron chi connectivity index (χ1n) is 24.5. The van der Waals surface area contributed by atoms with E-state index in [4.69, 9.17) is 34.9 Å². The fourth-order valence-corrected chi connectivity index (χ4v) is 9.02. The summed E-state index contributed by atoms with van der Waals surface area (Å²) >= 11 is 0. The molecule has 0 bridgehead atoms. The normalized spacial score (nSPS) is 11.7. The Hall–Kier alpha value is -9.99. The Morgan fingerprint density at radius 1 is 0.365 bits per heavy atom. The summed E-state index contributed by atoms with van der Waals surface area (Å²) in [7, 11) is 0. The van der Waals surface area contributed by atoms with Crippen molar-refractivity contribution in [2.75, 3.05) is 0 Å². The van der Waals surface area contributed by atoms with E-state index in [1.807, 2.05) is 140 Å². The summed E-state index contributed by atoms with van der Waals surface area (Å²) < 4.78 is 0. The van der Waals surface area contributed by atoms with Crippen LogP contribution in [0.5, 0.6) is 0 Å². The van der Waals surface area contributed by atoms with Gasteiger partial charge in [-0.15, -0.1) is 0 Å². The molecule has 6 aromatic heterocycles. The van der Waals surface area contributed by atoms with Gasteiger partial charge < -0.3 is 0 Å². The average molecular weight is 952 g/mol. The number of hydrogen-bond acceptors (Lipinski definition) is 9. The molecule has 0 atom stereocenters. The third-order valence-corrected chi connectivity index (χ3v) is 12.9. The highest BCUT2D eigenvalue weighted by molar-refractivity contribution is 5.84. The van der Waals surface area contributed by atoms with E-state index < -0.39 is 0 Å². The van der Waals surface area contributed by atoms with E-state index in [1.54, 1.807) is 0 Å². The molecular formula is C65H45N9. The molecule has 0 fully saturated rings. The van der Waals surface area contributed by atoms with Crippen molar-refractivity contribution in [1.82, 2.24) is 44.9 Å². The van der Waals surface area contributed by atoms with E-state index in [0.717, 1.165) is 100.0 Å². The largest absolute Gasteiger partial charge is 0.245 e. The molecule has 0 saturated carbocycles. The maximum Gasteiger partial charge on any atom is 0.178 e. The number of aromatic nitrogens is 9. The van der Waals surface area contributed by atoms with Crippen molar-refractivity contribution in [3.63, 3.8) is 0 Å². The quantitative estimate of drug-likeness (QED) is 0.118. The monoisotopic (exact) mass is 951 g/mol. The van der Waals surface area contributed by atoms with Crippen molar-refractivity contribution in [2.45, 2.75) is 13.3 Å². The molecular weight excluding hydrogens is 907 g/mol. The first-order chi connectivity index (χ1) is 36.5. The molecule has 9 heteroatoms. The molecule has 9 nitrogen and oxygen atoms in total. The van der Waals surface area contributed by atoms with E-state index in [9.17, 15) is 0 Å². The molecule has 12 rings (SSSR count). The van der Waals surface area contributed by atoms with Gasteiger partial charge in [-0.2, -0.15) is 0 Å². The standard InChI is InChI=1S/C65H45N9/c1-43-54(48-22-12-17-46(37-48)28-32-53-23-13-27-60(69-53)63-66-40-50-19-5-8-24-56(50)72-63)39-62(65-68-42-52-21-7-10-26-58(52)74-65)70-55(43)33-30-45-16-11-18-47(36-45)38-49-31-35-61(64-67-41-51-20-6-9-25-57(51)73-64)71-59(49)34-29-44-14-3-2-4-15-44/h2-37,39-42H,38H2,1H3. The van der Waals surface area contributed by atoms with Gasteiger partial charge in [0.05, 0.1) is 33.6 Å². The fraction of sp³-hybridized carbons (Fsp3) is 0.0308. The van der Waals surface area contributed by atoms with Crippen molar-refractivity contribution in [3.05, 3.63) is 257 Å². The van der Waals surface area contributed by atoms with Crippen LogP contribution in [-0.4, -0.2) is 44.9 Å². The molecule has 12 aromatic rings. The van der Waals surface area contributed by atoms with Crippen molar-refractivity contribution in [1.29, 1.82) is 0 Å². The van der Waals surface area contributed by atoms with Crippen LogP contribution in [0.15, 0.2) is 207 Å². The van der Waals surface area contributed by atoms with Gasteiger partial charge in [0, 0.05) is 34.7 Å². The van der Waals surface area contributed by atoms with Crippen LogP contribution >= 0.6 is 0 Å². The van der Waals surface area contributed by atoms with E-state index >= 15 is 0 Å².